The zero-order valence-electron chi connectivity index (χ0n) is 25.5. The average molecular weight is 756 g/mol. The molecule has 2 aliphatic carbocycles. The summed E-state index contributed by atoms with van der Waals surface area (Å²) in [6, 6.07) is 40.0. The summed E-state index contributed by atoms with van der Waals surface area (Å²) in [4.78, 5) is 0. The molecule has 6 aromatic carbocycles. The number of hydrogen-bond donors (Lipinski definition) is 0. The molecule has 46 heavy (non-hydrogen) atoms. The van der Waals surface area contributed by atoms with E-state index in [0.717, 1.165) is 24.0 Å². The van der Waals surface area contributed by atoms with Crippen LogP contribution in [0.5, 0.6) is 0 Å². The Balaban J connectivity index is 0.000000160. The Bertz CT molecular complexity index is 1950. The molecule has 8 rings (SSSR count). The van der Waals surface area contributed by atoms with Gasteiger partial charge in [-0.25, -0.2) is 12.2 Å². The molecule has 6 aromatic rings. The van der Waals surface area contributed by atoms with E-state index in [1.54, 1.807) is 24.3 Å². The van der Waals surface area contributed by atoms with Gasteiger partial charge in [0, 0.05) is 0 Å². The summed E-state index contributed by atoms with van der Waals surface area (Å²) in [5, 5.41) is 7.90. The molecule has 2 aliphatic rings. The Morgan fingerprint density at radius 1 is 0.696 bits per heavy atom. The van der Waals surface area contributed by atoms with Gasteiger partial charge in [-0.3, -0.25) is 6.08 Å². The first-order valence-electron chi connectivity index (χ1n) is 14.5. The van der Waals surface area contributed by atoms with Crippen molar-refractivity contribution in [3.05, 3.63) is 176 Å². The molecule has 230 valence electrons. The summed E-state index contributed by atoms with van der Waals surface area (Å²) in [5.41, 5.74) is 7.54. The van der Waals surface area contributed by atoms with Crippen molar-refractivity contribution >= 4 is 72.2 Å². The first-order chi connectivity index (χ1) is 22.3. The second-order valence-corrected chi connectivity index (χ2v) is 12.0. The number of benzene rings is 6. The van der Waals surface area contributed by atoms with Gasteiger partial charge in [-0.2, -0.15) is 76.7 Å². The van der Waals surface area contributed by atoms with E-state index in [0.29, 0.717) is 20.1 Å². The minimum atomic E-state index is 0.630. The van der Waals surface area contributed by atoms with Crippen molar-refractivity contribution in [2.75, 3.05) is 0 Å². The Labute approximate surface area is 307 Å². The van der Waals surface area contributed by atoms with E-state index in [4.69, 9.17) is 46.4 Å². The van der Waals surface area contributed by atoms with Gasteiger partial charge >= 0.3 is 28.4 Å². The van der Waals surface area contributed by atoms with Crippen molar-refractivity contribution in [2.45, 2.75) is 26.7 Å². The molecule has 0 fully saturated rings. The zero-order chi connectivity index (χ0) is 33.1. The van der Waals surface area contributed by atoms with Crippen LogP contribution in [0.15, 0.2) is 109 Å². The van der Waals surface area contributed by atoms with E-state index >= 15 is 0 Å². The molecule has 0 nitrogen and oxygen atoms in total. The predicted octanol–water partition coefficient (Wildman–Crippen LogP) is 12.8. The van der Waals surface area contributed by atoms with Crippen molar-refractivity contribution in [1.29, 1.82) is 0 Å². The molecule has 0 saturated heterocycles. The fourth-order valence-electron chi connectivity index (χ4n) is 5.10. The van der Waals surface area contributed by atoms with Crippen LogP contribution in [0.2, 0.25) is 20.1 Å². The standard InChI is InChI=1S/C21H13.2C7H5Cl2.C5H5.CH2.Zr/c1-2-8-15-14(7-1)13-20-18-11-4-3-9-16(18)17-10-5-6-12-19(17)21(15)20;2*1-5-2-3-6(8)4-7(5)9;1-2-4-5-3-1;;/h1-10,12H,13H2;2*3-4H,1H3;1-3H,4H2;1H2;/q4*-1;;. The third kappa shape index (κ3) is 9.19. The fourth-order valence-corrected chi connectivity index (χ4v) is 5.89. The Kier molecular flexibility index (Phi) is 14.1. The van der Waals surface area contributed by atoms with Gasteiger partial charge in [0.25, 0.3) is 0 Å². The van der Waals surface area contributed by atoms with Crippen molar-refractivity contribution in [2.24, 2.45) is 0 Å². The van der Waals surface area contributed by atoms with Gasteiger partial charge in [-0.15, -0.1) is 70.3 Å². The van der Waals surface area contributed by atoms with E-state index in [-0.39, 0.29) is 0 Å². The minimum absolute atomic E-state index is 0.630. The van der Waals surface area contributed by atoms with Crippen LogP contribution in [0, 0.1) is 38.1 Å². The topological polar surface area (TPSA) is 0 Å². The molecule has 0 unspecified atom stereocenters. The van der Waals surface area contributed by atoms with E-state index in [2.05, 4.69) is 95.2 Å². The maximum Gasteiger partial charge on any atom is -0.0240 e. The van der Waals surface area contributed by atoms with E-state index < -0.39 is 0 Å². The van der Waals surface area contributed by atoms with Crippen LogP contribution >= 0.6 is 46.4 Å². The first kappa shape index (κ1) is 36.1. The predicted molar refractivity (Wildman–Crippen MR) is 197 cm³/mol. The molecule has 0 spiro atoms. The van der Waals surface area contributed by atoms with Crippen molar-refractivity contribution < 1.29 is 24.2 Å². The molecule has 0 saturated carbocycles. The van der Waals surface area contributed by atoms with Gasteiger partial charge in [0.15, 0.2) is 0 Å². The van der Waals surface area contributed by atoms with Gasteiger partial charge in [0.1, 0.15) is 0 Å². The van der Waals surface area contributed by atoms with Crippen LogP contribution in [0.4, 0.5) is 0 Å². The van der Waals surface area contributed by atoms with E-state index in [1.807, 2.05) is 32.1 Å². The summed E-state index contributed by atoms with van der Waals surface area (Å²) in [6.45, 7) is 3.78. The summed E-state index contributed by atoms with van der Waals surface area (Å²) >= 11 is 23.9. The van der Waals surface area contributed by atoms with Crippen LogP contribution < -0.4 is 0 Å². The van der Waals surface area contributed by atoms with Crippen molar-refractivity contribution in [3.8, 4) is 11.1 Å². The Morgan fingerprint density at radius 2 is 1.28 bits per heavy atom. The number of allylic oxidation sites excluding steroid dienone is 4. The molecule has 0 bridgehead atoms. The first-order valence-corrected chi connectivity index (χ1v) is 17.7. The quantitative estimate of drug-likeness (QED) is 0.107. The summed E-state index contributed by atoms with van der Waals surface area (Å²) in [6.07, 6.45) is 11.0. The molecule has 0 amide bonds. The molecule has 0 aliphatic heterocycles. The second kappa shape index (κ2) is 18.0. The van der Waals surface area contributed by atoms with Crippen LogP contribution in [0.3, 0.4) is 0 Å². The fraction of sp³-hybridized carbons (Fsp3) is 0.0976. The number of hydrogen-bond acceptors (Lipinski definition) is 0. The smallest absolute Gasteiger partial charge is 0.0240 e. The van der Waals surface area contributed by atoms with Crippen LogP contribution in [0.25, 0.3) is 32.7 Å². The molecular weight excluding hydrogens is 725 g/mol. The molecular formula is C41H30Cl4Zr-4. The van der Waals surface area contributed by atoms with Gasteiger partial charge < -0.3 is 0 Å². The van der Waals surface area contributed by atoms with Crippen LogP contribution in [-0.4, -0.2) is 4.21 Å². The maximum atomic E-state index is 5.70. The molecule has 0 N–H and O–H groups in total. The maximum absolute atomic E-state index is 5.70. The van der Waals surface area contributed by atoms with Gasteiger partial charge in [0.2, 0.25) is 0 Å². The van der Waals surface area contributed by atoms with Crippen LogP contribution in [0.1, 0.15) is 28.7 Å². The number of aryl methyl sites for hydroxylation is 2. The van der Waals surface area contributed by atoms with Crippen molar-refractivity contribution in [1.82, 2.24) is 0 Å². The second-order valence-electron chi connectivity index (χ2n) is 10.3. The van der Waals surface area contributed by atoms with Crippen LogP contribution in [-0.2, 0) is 30.7 Å². The Morgan fingerprint density at radius 3 is 1.83 bits per heavy atom. The summed E-state index contributed by atoms with van der Waals surface area (Å²) < 4.78 is 3.34. The van der Waals surface area contributed by atoms with Crippen molar-refractivity contribution in [3.63, 3.8) is 0 Å². The summed E-state index contributed by atoms with van der Waals surface area (Å²) in [5.74, 6) is 0. The monoisotopic (exact) mass is 752 g/mol. The average Bonchev–Trinajstić information content (AvgIpc) is 3.79. The largest absolute Gasteiger partial charge is 0.147 e. The van der Waals surface area contributed by atoms with Gasteiger partial charge in [0.05, 0.1) is 0 Å². The number of fused-ring (bicyclic) bond motifs is 8. The van der Waals surface area contributed by atoms with E-state index in [1.165, 1.54) is 68.0 Å². The zero-order valence-corrected chi connectivity index (χ0v) is 31.0. The molecule has 0 atom stereocenters. The molecule has 0 aromatic heterocycles. The Hall–Kier alpha value is -2.77. The van der Waals surface area contributed by atoms with Gasteiger partial charge in [-0.05, 0) is 28.5 Å². The van der Waals surface area contributed by atoms with Gasteiger partial charge in [-0.1, -0.05) is 87.9 Å². The SMILES string of the molecule is Cc1[c-]cc(Cl)cc1Cl.Cc1[c-]cc(Cl)cc1Cl.[C-]1=CC=CC1.[CH2]=[Zr].[c-]1cccc2c1c1c(c3ccccc32)-c2ccccc2C1. The third-order valence-corrected chi connectivity index (χ3v) is 8.51. The summed E-state index contributed by atoms with van der Waals surface area (Å²) in [7, 11) is 0. The van der Waals surface area contributed by atoms with E-state index in [9.17, 15) is 0 Å². The molecule has 0 radical (unpaired) electrons. The molecule has 0 heterocycles. The number of halogens is 4. The third-order valence-electron chi connectivity index (χ3n) is 7.28. The normalized spacial score (nSPS) is 11.5. The molecule has 5 heteroatoms. The number of rotatable bonds is 0. The minimum Gasteiger partial charge on any atom is -0.147 e.